The first-order valence-corrected chi connectivity index (χ1v) is 9.80. The van der Waals surface area contributed by atoms with E-state index in [0.717, 1.165) is 19.1 Å². The molecule has 0 spiro atoms. The molecule has 0 aromatic carbocycles. The molecule has 0 bridgehead atoms. The molecule has 138 valence electrons. The number of nitrogens with one attached hydrogen (secondary N) is 2. The zero-order valence-electron chi connectivity index (χ0n) is 14.4. The number of carboxylic acid groups (broad SMARTS) is 1. The Bertz CT molecular complexity index is 597. The van der Waals surface area contributed by atoms with Gasteiger partial charge in [0.25, 0.3) is 0 Å². The average molecular weight is 362 g/mol. The Morgan fingerprint density at radius 3 is 2.38 bits per heavy atom. The van der Waals surface area contributed by atoms with E-state index in [4.69, 9.17) is 4.74 Å². The van der Waals surface area contributed by atoms with Crippen LogP contribution in [-0.2, 0) is 24.3 Å². The summed E-state index contributed by atoms with van der Waals surface area (Å²) in [6.45, 7) is 5.21. The van der Waals surface area contributed by atoms with Crippen LogP contribution in [0.15, 0.2) is 11.6 Å². The number of amides is 1. The minimum atomic E-state index is -3.58. The summed E-state index contributed by atoms with van der Waals surface area (Å²) in [5, 5.41) is 12.0. The smallest absolute Gasteiger partial charge is 0.331 e. The first kappa shape index (κ1) is 20.6. The first-order chi connectivity index (χ1) is 11.1. The predicted octanol–water partition coefficient (Wildman–Crippen LogP) is 0.397. The third kappa shape index (κ3) is 6.21. The SMILES string of the molecule is CCC(CC)O[C@@H]1C=C(C(=O)O)C[C@H](NS(C)(=O)=O)[C@H]1NC(C)=O. The molecule has 9 heteroatoms. The van der Waals surface area contributed by atoms with Crippen LogP contribution in [0.25, 0.3) is 0 Å². The Labute approximate surface area is 142 Å². The fraction of sp³-hybridized carbons (Fsp3) is 0.733. The lowest BCUT2D eigenvalue weighted by molar-refractivity contribution is -0.133. The Morgan fingerprint density at radius 1 is 1.38 bits per heavy atom. The van der Waals surface area contributed by atoms with Crippen LogP contribution in [0.2, 0.25) is 0 Å². The van der Waals surface area contributed by atoms with Gasteiger partial charge >= 0.3 is 5.97 Å². The second-order valence-corrected chi connectivity index (χ2v) is 7.74. The lowest BCUT2D eigenvalue weighted by atomic mass is 9.88. The van der Waals surface area contributed by atoms with Crippen LogP contribution >= 0.6 is 0 Å². The topological polar surface area (TPSA) is 122 Å². The number of ether oxygens (including phenoxy) is 1. The molecule has 1 aliphatic rings. The van der Waals surface area contributed by atoms with Gasteiger partial charge in [-0.1, -0.05) is 13.8 Å². The van der Waals surface area contributed by atoms with E-state index < -0.39 is 34.2 Å². The van der Waals surface area contributed by atoms with Gasteiger partial charge in [-0.2, -0.15) is 0 Å². The second-order valence-electron chi connectivity index (χ2n) is 5.96. The summed E-state index contributed by atoms with van der Waals surface area (Å²) in [6.07, 6.45) is 3.03. The molecular formula is C15H26N2O6S. The number of hydrogen-bond donors (Lipinski definition) is 3. The molecule has 0 fully saturated rings. The standard InChI is InChI=1S/C15H26N2O6S/c1-5-11(6-2)23-13-8-10(15(19)20)7-12(17-24(4,21)22)14(13)16-9(3)18/h8,11-14,17H,5-7H2,1-4H3,(H,16,18)(H,19,20)/t12-,13+,14+/m0/s1. The van der Waals surface area contributed by atoms with Crippen molar-refractivity contribution in [2.24, 2.45) is 0 Å². The number of aliphatic carboxylic acids is 1. The van der Waals surface area contributed by atoms with Crippen LogP contribution in [0.4, 0.5) is 0 Å². The van der Waals surface area contributed by atoms with Gasteiger partial charge in [-0.3, -0.25) is 4.79 Å². The van der Waals surface area contributed by atoms with Crippen molar-refractivity contribution in [3.8, 4) is 0 Å². The van der Waals surface area contributed by atoms with Gasteiger partial charge in [0.15, 0.2) is 0 Å². The number of carboxylic acids is 1. The minimum absolute atomic E-state index is 0.0316. The molecule has 1 rings (SSSR count). The summed E-state index contributed by atoms with van der Waals surface area (Å²) in [7, 11) is -3.58. The molecule has 24 heavy (non-hydrogen) atoms. The molecule has 0 aromatic heterocycles. The fourth-order valence-corrected chi connectivity index (χ4v) is 3.54. The summed E-state index contributed by atoms with van der Waals surface area (Å²) in [4.78, 5) is 22.9. The first-order valence-electron chi connectivity index (χ1n) is 7.91. The summed E-state index contributed by atoms with van der Waals surface area (Å²) < 4.78 is 31.6. The van der Waals surface area contributed by atoms with Crippen molar-refractivity contribution in [2.45, 2.75) is 64.3 Å². The zero-order valence-corrected chi connectivity index (χ0v) is 15.2. The molecule has 0 saturated heterocycles. The van der Waals surface area contributed by atoms with E-state index in [9.17, 15) is 23.1 Å². The van der Waals surface area contributed by atoms with E-state index in [1.54, 1.807) is 0 Å². The quantitative estimate of drug-likeness (QED) is 0.574. The molecule has 8 nitrogen and oxygen atoms in total. The van der Waals surface area contributed by atoms with Gasteiger partial charge in [0.2, 0.25) is 15.9 Å². The van der Waals surface area contributed by atoms with Crippen LogP contribution < -0.4 is 10.0 Å². The van der Waals surface area contributed by atoms with Crippen molar-refractivity contribution in [1.82, 2.24) is 10.0 Å². The molecule has 1 aliphatic carbocycles. The number of carbonyl (C=O) groups excluding carboxylic acids is 1. The van der Waals surface area contributed by atoms with Gasteiger partial charge in [-0.25, -0.2) is 17.9 Å². The highest BCUT2D eigenvalue weighted by Gasteiger charge is 2.38. The fourth-order valence-electron chi connectivity index (χ4n) is 2.76. The van der Waals surface area contributed by atoms with Crippen molar-refractivity contribution in [1.29, 1.82) is 0 Å². The maximum atomic E-state index is 11.6. The molecule has 0 unspecified atom stereocenters. The van der Waals surface area contributed by atoms with Crippen molar-refractivity contribution < 1.29 is 27.9 Å². The van der Waals surface area contributed by atoms with Gasteiger partial charge < -0.3 is 15.2 Å². The zero-order chi connectivity index (χ0) is 18.5. The Balaban J connectivity index is 3.21. The van der Waals surface area contributed by atoms with E-state index in [1.165, 1.54) is 13.0 Å². The Hall–Kier alpha value is -1.45. The molecule has 0 saturated carbocycles. The predicted molar refractivity (Wildman–Crippen MR) is 89.0 cm³/mol. The van der Waals surface area contributed by atoms with E-state index in [2.05, 4.69) is 10.0 Å². The highest BCUT2D eigenvalue weighted by molar-refractivity contribution is 7.88. The number of rotatable bonds is 8. The van der Waals surface area contributed by atoms with Crippen LogP contribution in [0, 0.1) is 0 Å². The summed E-state index contributed by atoms with van der Waals surface area (Å²) in [6, 6.07) is -1.47. The molecule has 1 amide bonds. The maximum absolute atomic E-state index is 11.6. The molecule has 3 atom stereocenters. The third-order valence-electron chi connectivity index (χ3n) is 3.86. The van der Waals surface area contributed by atoms with E-state index in [-0.39, 0.29) is 24.0 Å². The number of carbonyl (C=O) groups is 2. The molecule has 3 N–H and O–H groups in total. The second kappa shape index (κ2) is 8.59. The van der Waals surface area contributed by atoms with Crippen molar-refractivity contribution in [3.05, 3.63) is 11.6 Å². The molecule has 0 aromatic rings. The van der Waals surface area contributed by atoms with Crippen LogP contribution in [0.1, 0.15) is 40.0 Å². The van der Waals surface area contributed by atoms with Crippen molar-refractivity contribution >= 4 is 21.9 Å². The van der Waals surface area contributed by atoms with Gasteiger partial charge in [-0.05, 0) is 25.3 Å². The van der Waals surface area contributed by atoms with E-state index in [0.29, 0.717) is 0 Å². The summed E-state index contributed by atoms with van der Waals surface area (Å²) >= 11 is 0. The normalized spacial score (nSPS) is 24.5. The minimum Gasteiger partial charge on any atom is -0.478 e. The van der Waals surface area contributed by atoms with Crippen molar-refractivity contribution in [2.75, 3.05) is 6.26 Å². The van der Waals surface area contributed by atoms with Crippen LogP contribution in [-0.4, -0.2) is 55.9 Å². The maximum Gasteiger partial charge on any atom is 0.331 e. The van der Waals surface area contributed by atoms with E-state index in [1.807, 2.05) is 13.8 Å². The molecule has 0 aliphatic heterocycles. The van der Waals surface area contributed by atoms with Crippen LogP contribution in [0.5, 0.6) is 0 Å². The highest BCUT2D eigenvalue weighted by atomic mass is 32.2. The molecule has 0 radical (unpaired) electrons. The third-order valence-corrected chi connectivity index (χ3v) is 4.59. The Kier molecular flexibility index (Phi) is 7.37. The monoisotopic (exact) mass is 362 g/mol. The van der Waals surface area contributed by atoms with E-state index >= 15 is 0 Å². The van der Waals surface area contributed by atoms with Gasteiger partial charge in [0.1, 0.15) is 0 Å². The highest BCUT2D eigenvalue weighted by Crippen LogP contribution is 2.25. The molecular weight excluding hydrogens is 336 g/mol. The lowest BCUT2D eigenvalue weighted by Gasteiger charge is -2.38. The lowest BCUT2D eigenvalue weighted by Crippen LogP contribution is -2.59. The van der Waals surface area contributed by atoms with Gasteiger partial charge in [0, 0.05) is 18.5 Å². The largest absolute Gasteiger partial charge is 0.478 e. The molecule has 0 heterocycles. The van der Waals surface area contributed by atoms with Crippen LogP contribution in [0.3, 0.4) is 0 Å². The van der Waals surface area contributed by atoms with Gasteiger partial charge in [0.05, 0.1) is 24.5 Å². The summed E-state index contributed by atoms with van der Waals surface area (Å²) in [5.41, 5.74) is 0.0636. The Morgan fingerprint density at radius 2 is 1.96 bits per heavy atom. The summed E-state index contributed by atoms with van der Waals surface area (Å²) in [5.74, 6) is -1.47. The number of hydrogen-bond acceptors (Lipinski definition) is 5. The average Bonchev–Trinajstić information content (AvgIpc) is 2.45. The number of sulfonamides is 1. The van der Waals surface area contributed by atoms with Gasteiger partial charge in [-0.15, -0.1) is 0 Å². The van der Waals surface area contributed by atoms with Crippen molar-refractivity contribution in [3.63, 3.8) is 0 Å².